The molecule has 1 aromatic heterocycles. The highest BCUT2D eigenvalue weighted by atomic mass is 32.2. The van der Waals surface area contributed by atoms with Crippen LogP contribution in [0.15, 0.2) is 36.4 Å². The molecule has 144 valence electrons. The van der Waals surface area contributed by atoms with Crippen LogP contribution in [0.25, 0.3) is 11.3 Å². The van der Waals surface area contributed by atoms with Gasteiger partial charge in [0, 0.05) is 29.1 Å². The SMILES string of the molecule is CC(C)(C)[S@@+]([O-])N1Cc2cc(C(=O)O)nc(-c3ccccc3)c2C1CCO. The van der Waals surface area contributed by atoms with Gasteiger partial charge in [-0.25, -0.2) is 9.78 Å². The third-order valence-corrected chi connectivity index (χ3v) is 6.41. The summed E-state index contributed by atoms with van der Waals surface area (Å²) in [6.45, 7) is 6.02. The third kappa shape index (κ3) is 3.87. The van der Waals surface area contributed by atoms with Gasteiger partial charge >= 0.3 is 5.97 Å². The normalized spacial score (nSPS) is 18.3. The summed E-state index contributed by atoms with van der Waals surface area (Å²) in [5, 5.41) is 19.1. The zero-order chi connectivity index (χ0) is 19.8. The Hall–Kier alpha value is -1.93. The lowest BCUT2D eigenvalue weighted by molar-refractivity contribution is 0.0690. The fourth-order valence-corrected chi connectivity index (χ4v) is 4.80. The number of hydrogen-bond donors (Lipinski definition) is 2. The molecule has 2 N–H and O–H groups in total. The summed E-state index contributed by atoms with van der Waals surface area (Å²) in [7, 11) is 0. The summed E-state index contributed by atoms with van der Waals surface area (Å²) in [6.07, 6.45) is 0.406. The van der Waals surface area contributed by atoms with Gasteiger partial charge in [-0.15, -0.1) is 4.31 Å². The van der Waals surface area contributed by atoms with Crippen LogP contribution < -0.4 is 0 Å². The lowest BCUT2D eigenvalue weighted by Crippen LogP contribution is -2.42. The van der Waals surface area contributed by atoms with Crippen LogP contribution in [-0.2, 0) is 17.9 Å². The summed E-state index contributed by atoms with van der Waals surface area (Å²) in [5.41, 5.74) is 3.02. The van der Waals surface area contributed by atoms with Crippen molar-refractivity contribution in [2.75, 3.05) is 6.61 Å². The smallest absolute Gasteiger partial charge is 0.354 e. The Morgan fingerprint density at radius 3 is 2.56 bits per heavy atom. The van der Waals surface area contributed by atoms with Crippen molar-refractivity contribution in [1.29, 1.82) is 0 Å². The number of fused-ring (bicyclic) bond motifs is 1. The highest BCUT2D eigenvalue weighted by molar-refractivity contribution is 7.90. The van der Waals surface area contributed by atoms with Gasteiger partial charge < -0.3 is 14.8 Å². The van der Waals surface area contributed by atoms with Gasteiger partial charge in [0.2, 0.25) is 0 Å². The van der Waals surface area contributed by atoms with Crippen LogP contribution in [0.5, 0.6) is 0 Å². The van der Waals surface area contributed by atoms with Gasteiger partial charge in [0.15, 0.2) is 0 Å². The number of carboxylic acid groups (broad SMARTS) is 1. The standard InChI is InChI=1S/C20H24N2O4S/c1-20(2,3)27(26)22-12-14-11-15(19(24)25)21-18(13-7-5-4-6-8-13)17(14)16(22)9-10-23/h4-8,11,16,23H,9-10,12H2,1-3H3,(H,24,25)/t16?,27-/m1/s1. The fraction of sp³-hybridized carbons (Fsp3) is 0.400. The molecule has 1 aromatic carbocycles. The predicted molar refractivity (Wildman–Crippen MR) is 105 cm³/mol. The largest absolute Gasteiger partial charge is 0.597 e. The number of nitrogens with zero attached hydrogens (tertiary/aromatic N) is 2. The van der Waals surface area contributed by atoms with Gasteiger partial charge in [0.25, 0.3) is 0 Å². The Kier molecular flexibility index (Phi) is 5.58. The highest BCUT2D eigenvalue weighted by Crippen LogP contribution is 2.44. The maximum atomic E-state index is 13.1. The van der Waals surface area contributed by atoms with Gasteiger partial charge in [-0.2, -0.15) is 0 Å². The Morgan fingerprint density at radius 1 is 1.33 bits per heavy atom. The maximum Gasteiger partial charge on any atom is 0.354 e. The van der Waals surface area contributed by atoms with Crippen LogP contribution in [0, 0.1) is 0 Å². The first-order valence-corrected chi connectivity index (χ1v) is 9.96. The van der Waals surface area contributed by atoms with Crippen LogP contribution in [0.1, 0.15) is 54.8 Å². The molecule has 3 rings (SSSR count). The summed E-state index contributed by atoms with van der Waals surface area (Å²) in [4.78, 5) is 16.0. The zero-order valence-electron chi connectivity index (χ0n) is 15.7. The second-order valence-corrected chi connectivity index (χ2v) is 9.76. The van der Waals surface area contributed by atoms with E-state index in [1.165, 1.54) is 0 Å². The Bertz CT molecular complexity index is 836. The van der Waals surface area contributed by atoms with Gasteiger partial charge in [-0.1, -0.05) is 30.3 Å². The first-order valence-electron chi connectivity index (χ1n) is 8.86. The predicted octanol–water partition coefficient (Wildman–Crippen LogP) is 3.15. The van der Waals surface area contributed by atoms with Gasteiger partial charge in [-0.05, 0) is 38.8 Å². The molecule has 0 spiro atoms. The first-order chi connectivity index (χ1) is 12.7. The van der Waals surface area contributed by atoms with E-state index in [-0.39, 0.29) is 18.3 Å². The molecule has 27 heavy (non-hydrogen) atoms. The van der Waals surface area contributed by atoms with E-state index < -0.39 is 22.1 Å². The van der Waals surface area contributed by atoms with E-state index in [4.69, 9.17) is 0 Å². The Morgan fingerprint density at radius 2 is 2.00 bits per heavy atom. The zero-order valence-corrected chi connectivity index (χ0v) is 16.5. The molecule has 0 saturated heterocycles. The molecule has 0 fully saturated rings. The quantitative estimate of drug-likeness (QED) is 0.764. The number of aromatic nitrogens is 1. The van der Waals surface area contributed by atoms with Crippen molar-refractivity contribution in [3.05, 3.63) is 53.2 Å². The average molecular weight is 388 g/mol. The number of carbonyl (C=O) groups is 1. The molecule has 2 heterocycles. The number of rotatable bonds is 5. The minimum atomic E-state index is -1.31. The van der Waals surface area contributed by atoms with E-state index in [2.05, 4.69) is 4.98 Å². The monoisotopic (exact) mass is 388 g/mol. The Labute approximate surface area is 162 Å². The number of pyridine rings is 1. The Balaban J connectivity index is 2.18. The topological polar surface area (TPSA) is 96.7 Å². The lowest BCUT2D eigenvalue weighted by atomic mass is 9.96. The van der Waals surface area contributed by atoms with Gasteiger partial charge in [-0.3, -0.25) is 0 Å². The van der Waals surface area contributed by atoms with E-state index >= 15 is 0 Å². The number of benzene rings is 1. The van der Waals surface area contributed by atoms with Crippen molar-refractivity contribution in [1.82, 2.24) is 9.29 Å². The summed E-state index contributed by atoms with van der Waals surface area (Å²) in [6, 6.07) is 10.7. The molecule has 0 amide bonds. The van der Waals surface area contributed by atoms with Gasteiger partial charge in [0.1, 0.15) is 10.4 Å². The van der Waals surface area contributed by atoms with E-state index in [1.54, 1.807) is 6.07 Å². The molecule has 1 unspecified atom stereocenters. The molecule has 0 aliphatic carbocycles. The van der Waals surface area contributed by atoms with E-state index in [1.807, 2.05) is 55.4 Å². The van der Waals surface area contributed by atoms with Crippen molar-refractivity contribution < 1.29 is 19.6 Å². The molecule has 7 heteroatoms. The van der Waals surface area contributed by atoms with E-state index in [9.17, 15) is 19.6 Å². The molecule has 0 bridgehead atoms. The van der Waals surface area contributed by atoms with E-state index in [0.717, 1.165) is 16.7 Å². The minimum Gasteiger partial charge on any atom is -0.597 e. The number of hydrogen-bond acceptors (Lipinski definition) is 5. The number of aliphatic hydroxyl groups excluding tert-OH is 1. The molecular formula is C20H24N2O4S. The summed E-state index contributed by atoms with van der Waals surface area (Å²) >= 11 is -1.31. The van der Waals surface area contributed by atoms with E-state index in [0.29, 0.717) is 18.7 Å². The van der Waals surface area contributed by atoms with Crippen molar-refractivity contribution in [2.24, 2.45) is 0 Å². The van der Waals surface area contributed by atoms with Crippen LogP contribution in [0.2, 0.25) is 0 Å². The molecule has 1 aliphatic rings. The second-order valence-electron chi connectivity index (χ2n) is 7.56. The minimum absolute atomic E-state index is 0.0289. The average Bonchev–Trinajstić information content (AvgIpc) is 2.99. The molecule has 2 aromatic rings. The van der Waals surface area contributed by atoms with Crippen molar-refractivity contribution >= 4 is 17.3 Å². The fourth-order valence-electron chi connectivity index (χ4n) is 3.39. The molecule has 1 aliphatic heterocycles. The molecule has 2 atom stereocenters. The molecular weight excluding hydrogens is 364 g/mol. The third-order valence-electron chi connectivity index (χ3n) is 4.56. The second kappa shape index (κ2) is 7.59. The summed E-state index contributed by atoms with van der Waals surface area (Å²) in [5.74, 6) is -1.09. The van der Waals surface area contributed by atoms with Crippen LogP contribution in [0.4, 0.5) is 0 Å². The lowest BCUT2D eigenvalue weighted by Gasteiger charge is -2.33. The van der Waals surface area contributed by atoms with Crippen molar-refractivity contribution in [3.63, 3.8) is 0 Å². The number of aromatic carboxylic acids is 1. The summed E-state index contributed by atoms with van der Waals surface area (Å²) < 4.78 is 14.5. The van der Waals surface area contributed by atoms with Crippen molar-refractivity contribution in [2.45, 2.75) is 44.5 Å². The molecule has 0 saturated carbocycles. The maximum absolute atomic E-state index is 13.1. The van der Waals surface area contributed by atoms with Crippen LogP contribution in [-0.4, -0.2) is 41.4 Å². The number of aliphatic hydroxyl groups is 1. The van der Waals surface area contributed by atoms with Crippen LogP contribution >= 0.6 is 0 Å². The highest BCUT2D eigenvalue weighted by Gasteiger charge is 2.44. The molecule has 0 radical (unpaired) electrons. The van der Waals surface area contributed by atoms with Crippen molar-refractivity contribution in [3.8, 4) is 11.3 Å². The number of carboxylic acids is 1. The van der Waals surface area contributed by atoms with Crippen LogP contribution in [0.3, 0.4) is 0 Å². The molecule has 6 nitrogen and oxygen atoms in total. The van der Waals surface area contributed by atoms with Gasteiger partial charge in [0.05, 0.1) is 18.3 Å². The first kappa shape index (κ1) is 19.8.